The van der Waals surface area contributed by atoms with Crippen LogP contribution in [0.3, 0.4) is 0 Å². The van der Waals surface area contributed by atoms with Crippen LogP contribution in [-0.4, -0.2) is 74.0 Å². The van der Waals surface area contributed by atoms with Crippen LogP contribution >= 0.6 is 0 Å². The SMILES string of the molecule is COc1cc(F)c(-c2cc(Cn3cnc4c(NC(=O)Oc5ccccc5)ncnc43)c(N3CCC[C@](N)([C@H](O)C(F)F)C3)cn2)cc1F. The van der Waals surface area contributed by atoms with Crippen molar-refractivity contribution >= 4 is 28.8 Å². The third-order valence-corrected chi connectivity index (χ3v) is 8.12. The van der Waals surface area contributed by atoms with E-state index >= 15 is 4.39 Å². The van der Waals surface area contributed by atoms with Gasteiger partial charge in [0.25, 0.3) is 6.43 Å². The highest BCUT2D eigenvalue weighted by Crippen LogP contribution is 2.35. The molecule has 1 amide bonds. The second-order valence-corrected chi connectivity index (χ2v) is 11.3. The number of hydrogen-bond acceptors (Lipinski definition) is 10. The van der Waals surface area contributed by atoms with Gasteiger partial charge in [0, 0.05) is 24.7 Å². The van der Waals surface area contributed by atoms with Crippen molar-refractivity contribution < 1.29 is 36.9 Å². The van der Waals surface area contributed by atoms with Gasteiger partial charge in [-0.3, -0.25) is 10.3 Å². The number of alkyl halides is 2. The molecule has 3 aromatic heterocycles. The van der Waals surface area contributed by atoms with Crippen LogP contribution < -0.4 is 25.4 Å². The van der Waals surface area contributed by atoms with Gasteiger partial charge in [-0.2, -0.15) is 0 Å². The Kier molecular flexibility index (Phi) is 9.10. The Morgan fingerprint density at radius 3 is 2.65 bits per heavy atom. The van der Waals surface area contributed by atoms with E-state index in [-0.39, 0.29) is 47.9 Å². The van der Waals surface area contributed by atoms with Gasteiger partial charge in [-0.05, 0) is 42.7 Å². The van der Waals surface area contributed by atoms with Gasteiger partial charge in [-0.1, -0.05) is 18.2 Å². The van der Waals surface area contributed by atoms with Crippen LogP contribution in [0.15, 0.2) is 67.4 Å². The lowest BCUT2D eigenvalue weighted by Gasteiger charge is -2.44. The third kappa shape index (κ3) is 6.57. The number of aromatic nitrogens is 5. The molecule has 6 rings (SSSR count). The number of carbonyl (C=O) groups is 1. The Bertz CT molecular complexity index is 1950. The van der Waals surface area contributed by atoms with Crippen molar-refractivity contribution in [2.75, 3.05) is 30.4 Å². The van der Waals surface area contributed by atoms with E-state index < -0.39 is 35.8 Å². The predicted molar refractivity (Wildman–Crippen MR) is 167 cm³/mol. The van der Waals surface area contributed by atoms with Gasteiger partial charge in [0.1, 0.15) is 24.0 Å². The number of benzene rings is 2. The van der Waals surface area contributed by atoms with Gasteiger partial charge in [0.05, 0.1) is 43.1 Å². The first-order chi connectivity index (χ1) is 23.1. The van der Waals surface area contributed by atoms with E-state index in [9.17, 15) is 23.1 Å². The number of nitrogens with two attached hydrogens (primary N) is 1. The minimum Gasteiger partial charge on any atom is -0.494 e. The number of piperidine rings is 1. The molecule has 1 aliphatic heterocycles. The first-order valence-corrected chi connectivity index (χ1v) is 14.8. The van der Waals surface area contributed by atoms with Gasteiger partial charge in [-0.15, -0.1) is 0 Å². The van der Waals surface area contributed by atoms with Crippen LogP contribution in [0.25, 0.3) is 22.4 Å². The summed E-state index contributed by atoms with van der Waals surface area (Å²) in [7, 11) is 1.22. The van der Waals surface area contributed by atoms with Gasteiger partial charge in [-0.25, -0.2) is 37.3 Å². The highest BCUT2D eigenvalue weighted by atomic mass is 19.3. The molecule has 1 saturated heterocycles. The monoisotopic (exact) mass is 666 g/mol. The molecule has 0 spiro atoms. The number of hydrogen-bond donors (Lipinski definition) is 3. The van der Waals surface area contributed by atoms with E-state index in [1.165, 1.54) is 26.0 Å². The number of imidazole rings is 1. The van der Waals surface area contributed by atoms with Crippen LogP contribution in [0.5, 0.6) is 11.5 Å². The Morgan fingerprint density at radius 1 is 1.10 bits per heavy atom. The average Bonchev–Trinajstić information content (AvgIpc) is 3.49. The molecule has 5 aromatic rings. The summed E-state index contributed by atoms with van der Waals surface area (Å²) in [6, 6.07) is 11.9. The fourth-order valence-corrected chi connectivity index (χ4v) is 5.73. The maximum Gasteiger partial charge on any atom is 0.418 e. The molecule has 2 atom stereocenters. The second kappa shape index (κ2) is 13.4. The minimum atomic E-state index is -3.05. The maximum absolute atomic E-state index is 15.1. The van der Waals surface area contributed by atoms with Crippen LogP contribution in [0.1, 0.15) is 18.4 Å². The number of ether oxygens (including phenoxy) is 2. The molecule has 0 unspecified atom stereocenters. The summed E-state index contributed by atoms with van der Waals surface area (Å²) in [5.74, 6) is -1.46. The summed E-state index contributed by atoms with van der Waals surface area (Å²) in [4.78, 5) is 31.5. The van der Waals surface area contributed by atoms with Gasteiger partial charge >= 0.3 is 6.09 Å². The molecule has 1 aliphatic rings. The van der Waals surface area contributed by atoms with E-state index in [1.54, 1.807) is 45.9 Å². The Balaban J connectivity index is 1.37. The summed E-state index contributed by atoms with van der Waals surface area (Å²) in [5.41, 5.74) is 6.16. The van der Waals surface area contributed by atoms with Crippen molar-refractivity contribution in [3.05, 3.63) is 84.6 Å². The molecular weight excluding hydrogens is 636 g/mol. The fraction of sp³-hybridized carbons (Fsp3) is 0.281. The van der Waals surface area contributed by atoms with Crippen molar-refractivity contribution in [2.45, 2.75) is 37.5 Å². The van der Waals surface area contributed by atoms with Gasteiger partial charge in [0.15, 0.2) is 28.5 Å². The number of amides is 1. The van der Waals surface area contributed by atoms with Gasteiger partial charge < -0.3 is 29.8 Å². The highest BCUT2D eigenvalue weighted by molar-refractivity contribution is 5.94. The first kappa shape index (κ1) is 32.6. The highest BCUT2D eigenvalue weighted by Gasteiger charge is 2.43. The quantitative estimate of drug-likeness (QED) is 0.188. The number of nitrogens with zero attached hydrogens (tertiary/aromatic N) is 6. The second-order valence-electron chi connectivity index (χ2n) is 11.3. The first-order valence-electron chi connectivity index (χ1n) is 14.8. The molecule has 48 heavy (non-hydrogen) atoms. The van der Waals surface area contributed by atoms with Gasteiger partial charge in [0.2, 0.25) is 0 Å². The molecule has 0 bridgehead atoms. The molecule has 2 aromatic carbocycles. The zero-order valence-corrected chi connectivity index (χ0v) is 25.5. The number of aliphatic hydroxyl groups is 1. The number of carbonyl (C=O) groups excluding carboxylic acids is 1. The summed E-state index contributed by atoms with van der Waals surface area (Å²) in [6.45, 7) is 0.319. The summed E-state index contributed by atoms with van der Waals surface area (Å²) >= 11 is 0. The molecule has 1 fully saturated rings. The lowest BCUT2D eigenvalue weighted by Crippen LogP contribution is -2.63. The Labute approximate surface area is 271 Å². The predicted octanol–water partition coefficient (Wildman–Crippen LogP) is 4.76. The number of anilines is 2. The van der Waals surface area contributed by atoms with Crippen molar-refractivity contribution in [3.8, 4) is 22.8 Å². The number of rotatable bonds is 9. The number of pyridine rings is 1. The number of aliphatic hydroxyl groups excluding tert-OH is 1. The molecule has 0 saturated carbocycles. The largest absolute Gasteiger partial charge is 0.494 e. The van der Waals surface area contributed by atoms with E-state index in [0.29, 0.717) is 35.6 Å². The standard InChI is InChI=1S/C32H30F4N8O4/c1-47-25-12-21(33)20(11-22(25)34)23-10-18(24(13-38-23)43-9-5-8-32(37,15-43)27(45)28(35)36)14-44-17-41-26-29(39-16-40-30(26)44)42-31(46)48-19-6-3-2-4-7-19/h2-4,6-7,10-13,16-17,27-28,45H,5,8-9,14-15,37H2,1H3,(H,39,40,42,46)/t27-,32-/m1/s1. The number of halogens is 4. The van der Waals surface area contributed by atoms with E-state index in [4.69, 9.17) is 15.2 Å². The van der Waals surface area contributed by atoms with E-state index in [0.717, 1.165) is 12.1 Å². The van der Waals surface area contributed by atoms with Crippen molar-refractivity contribution in [2.24, 2.45) is 5.73 Å². The van der Waals surface area contributed by atoms with Crippen LogP contribution in [-0.2, 0) is 6.54 Å². The van der Waals surface area contributed by atoms with Crippen LogP contribution in [0.2, 0.25) is 0 Å². The zero-order valence-electron chi connectivity index (χ0n) is 25.5. The number of fused-ring (bicyclic) bond motifs is 1. The molecule has 0 radical (unpaired) electrons. The van der Waals surface area contributed by atoms with Crippen LogP contribution in [0.4, 0.5) is 33.9 Å². The summed E-state index contributed by atoms with van der Waals surface area (Å²) in [6.07, 6.45) is -1.25. The number of methoxy groups -OCH3 is 1. The molecule has 12 nitrogen and oxygen atoms in total. The molecular formula is C32H30F4N8O4. The molecule has 4 heterocycles. The molecule has 16 heteroatoms. The Hall–Kier alpha value is -5.35. The maximum atomic E-state index is 15.1. The lowest BCUT2D eigenvalue weighted by molar-refractivity contribution is -0.0529. The summed E-state index contributed by atoms with van der Waals surface area (Å²) < 4.78 is 68.7. The lowest BCUT2D eigenvalue weighted by atomic mass is 9.84. The smallest absolute Gasteiger partial charge is 0.418 e. The van der Waals surface area contributed by atoms with E-state index in [1.807, 2.05) is 0 Å². The van der Waals surface area contributed by atoms with E-state index in [2.05, 4.69) is 25.3 Å². The molecule has 250 valence electrons. The third-order valence-electron chi connectivity index (χ3n) is 8.12. The minimum absolute atomic E-state index is 0.0397. The number of para-hydroxylation sites is 1. The number of nitrogens with one attached hydrogen (secondary N) is 1. The van der Waals surface area contributed by atoms with Crippen molar-refractivity contribution in [1.82, 2.24) is 24.5 Å². The molecule has 4 N–H and O–H groups in total. The van der Waals surface area contributed by atoms with Crippen molar-refractivity contribution in [1.29, 1.82) is 0 Å². The van der Waals surface area contributed by atoms with Crippen molar-refractivity contribution in [3.63, 3.8) is 0 Å². The fourth-order valence-electron chi connectivity index (χ4n) is 5.73. The summed E-state index contributed by atoms with van der Waals surface area (Å²) in [5, 5.41) is 12.8. The normalized spacial score (nSPS) is 17.0. The zero-order chi connectivity index (χ0) is 34.0. The Morgan fingerprint density at radius 2 is 1.90 bits per heavy atom. The van der Waals surface area contributed by atoms with Crippen LogP contribution in [0, 0.1) is 11.6 Å². The molecule has 0 aliphatic carbocycles. The average molecular weight is 667 g/mol. The topological polar surface area (TPSA) is 154 Å².